The minimum Gasteiger partial charge on any atom is -0.322 e. The molecule has 27 heavy (non-hydrogen) atoms. The highest BCUT2D eigenvalue weighted by atomic mass is 79.9. The van der Waals surface area contributed by atoms with Gasteiger partial charge >= 0.3 is 0 Å². The van der Waals surface area contributed by atoms with E-state index in [0.717, 1.165) is 0 Å². The van der Waals surface area contributed by atoms with Gasteiger partial charge in [-0.1, -0.05) is 35.9 Å². The van der Waals surface area contributed by atoms with E-state index in [-0.39, 0.29) is 11.8 Å². The van der Waals surface area contributed by atoms with Crippen LogP contribution < -0.4 is 10.6 Å². The van der Waals surface area contributed by atoms with Crippen molar-refractivity contribution in [1.82, 2.24) is 0 Å². The van der Waals surface area contributed by atoms with Crippen molar-refractivity contribution in [2.45, 2.75) is 0 Å². The third-order valence-electron chi connectivity index (χ3n) is 3.71. The average Bonchev–Trinajstić information content (AvgIpc) is 2.64. The van der Waals surface area contributed by atoms with Crippen LogP contribution in [-0.4, -0.2) is 11.8 Å². The zero-order chi connectivity index (χ0) is 19.4. The molecule has 0 saturated heterocycles. The Kier molecular flexibility index (Phi) is 6.31. The van der Waals surface area contributed by atoms with Crippen LogP contribution in [0.5, 0.6) is 0 Å². The zero-order valence-electron chi connectivity index (χ0n) is 13.8. The summed E-state index contributed by atoms with van der Waals surface area (Å²) in [5.74, 6) is -0.544. The van der Waals surface area contributed by atoms with E-state index in [1.807, 2.05) is 12.1 Å². The minimum atomic E-state index is -0.283. The van der Waals surface area contributed by atoms with Gasteiger partial charge in [-0.3, -0.25) is 9.59 Å². The van der Waals surface area contributed by atoms with Crippen molar-refractivity contribution in [2.24, 2.45) is 0 Å². The fourth-order valence-electron chi connectivity index (χ4n) is 2.37. The van der Waals surface area contributed by atoms with Crippen molar-refractivity contribution in [1.29, 1.82) is 0 Å². The standard InChI is InChI=1S/C20H13Br2ClN2O2/c21-15-7-3-1-5-13(15)19(26)24-12-9-10-18(17(23)11-12)25-20(27)14-6-2-4-8-16(14)22/h1-11H,(H,24,26)(H,25,27). The van der Waals surface area contributed by atoms with Crippen LogP contribution in [0, 0.1) is 0 Å². The number of rotatable bonds is 4. The lowest BCUT2D eigenvalue weighted by atomic mass is 10.2. The second kappa shape index (κ2) is 8.69. The fraction of sp³-hybridized carbons (Fsp3) is 0. The van der Waals surface area contributed by atoms with Crippen molar-refractivity contribution in [3.05, 3.63) is 91.8 Å². The number of anilines is 2. The van der Waals surface area contributed by atoms with Gasteiger partial charge in [-0.25, -0.2) is 0 Å². The van der Waals surface area contributed by atoms with Crippen LogP contribution in [0.3, 0.4) is 0 Å². The molecule has 3 aromatic carbocycles. The highest BCUT2D eigenvalue weighted by Gasteiger charge is 2.13. The molecule has 4 nitrogen and oxygen atoms in total. The summed E-state index contributed by atoms with van der Waals surface area (Å²) in [5, 5.41) is 5.87. The molecular weight excluding hydrogens is 495 g/mol. The minimum absolute atomic E-state index is 0.261. The highest BCUT2D eigenvalue weighted by molar-refractivity contribution is 9.10. The largest absolute Gasteiger partial charge is 0.322 e. The van der Waals surface area contributed by atoms with Gasteiger partial charge in [0.1, 0.15) is 0 Å². The predicted octanol–water partition coefficient (Wildman–Crippen LogP) is 6.37. The number of carbonyl (C=O) groups excluding carboxylic acids is 2. The summed E-state index contributed by atoms with van der Waals surface area (Å²) in [6, 6.07) is 19.1. The van der Waals surface area contributed by atoms with Gasteiger partial charge in [0.2, 0.25) is 0 Å². The van der Waals surface area contributed by atoms with Gasteiger partial charge in [-0.05, 0) is 74.3 Å². The summed E-state index contributed by atoms with van der Waals surface area (Å²) < 4.78 is 1.39. The zero-order valence-corrected chi connectivity index (χ0v) is 17.7. The number of nitrogens with one attached hydrogen (secondary N) is 2. The van der Waals surface area contributed by atoms with E-state index in [4.69, 9.17) is 11.6 Å². The van der Waals surface area contributed by atoms with Crippen LogP contribution >= 0.6 is 43.5 Å². The molecular formula is C20H13Br2ClN2O2. The molecule has 0 unspecified atom stereocenters. The van der Waals surface area contributed by atoms with Crippen LogP contribution in [0.25, 0.3) is 0 Å². The first-order valence-corrected chi connectivity index (χ1v) is 9.83. The number of halogens is 3. The third kappa shape index (κ3) is 4.77. The van der Waals surface area contributed by atoms with E-state index >= 15 is 0 Å². The molecule has 3 aromatic rings. The highest BCUT2D eigenvalue weighted by Crippen LogP contribution is 2.27. The Hall–Kier alpha value is -2.15. The van der Waals surface area contributed by atoms with Crippen LogP contribution in [0.1, 0.15) is 20.7 Å². The van der Waals surface area contributed by atoms with E-state index < -0.39 is 0 Å². The van der Waals surface area contributed by atoms with Gasteiger partial charge in [0, 0.05) is 14.6 Å². The van der Waals surface area contributed by atoms with E-state index in [1.165, 1.54) is 0 Å². The first-order valence-electron chi connectivity index (χ1n) is 7.87. The molecule has 0 aliphatic heterocycles. The Balaban J connectivity index is 1.74. The van der Waals surface area contributed by atoms with Crippen molar-refractivity contribution in [3.63, 3.8) is 0 Å². The molecule has 2 amide bonds. The van der Waals surface area contributed by atoms with E-state index in [0.29, 0.717) is 36.5 Å². The number of carbonyl (C=O) groups is 2. The molecule has 0 aliphatic carbocycles. The topological polar surface area (TPSA) is 58.2 Å². The Morgan fingerprint density at radius 3 is 1.78 bits per heavy atom. The maximum absolute atomic E-state index is 12.4. The number of benzene rings is 3. The Morgan fingerprint density at radius 1 is 0.741 bits per heavy atom. The van der Waals surface area contributed by atoms with Crippen molar-refractivity contribution in [3.8, 4) is 0 Å². The Bertz CT molecular complexity index is 1020. The second-order valence-electron chi connectivity index (χ2n) is 5.56. The maximum Gasteiger partial charge on any atom is 0.256 e. The first-order chi connectivity index (χ1) is 13.0. The lowest BCUT2D eigenvalue weighted by Crippen LogP contribution is -2.14. The molecule has 0 fully saturated rings. The van der Waals surface area contributed by atoms with Gasteiger partial charge in [0.05, 0.1) is 21.8 Å². The normalized spacial score (nSPS) is 10.3. The summed E-state index contributed by atoms with van der Waals surface area (Å²) >= 11 is 13.0. The Labute approximate surface area is 178 Å². The smallest absolute Gasteiger partial charge is 0.256 e. The average molecular weight is 509 g/mol. The monoisotopic (exact) mass is 506 g/mol. The summed E-state index contributed by atoms with van der Waals surface area (Å²) in [6.45, 7) is 0. The molecule has 0 bridgehead atoms. The maximum atomic E-state index is 12.4. The summed E-state index contributed by atoms with van der Waals surface area (Å²) in [6.07, 6.45) is 0. The van der Waals surface area contributed by atoms with E-state index in [2.05, 4.69) is 42.5 Å². The molecule has 0 spiro atoms. The van der Waals surface area contributed by atoms with Crippen molar-refractivity contribution >= 4 is 66.6 Å². The second-order valence-corrected chi connectivity index (χ2v) is 7.68. The van der Waals surface area contributed by atoms with Crippen molar-refractivity contribution < 1.29 is 9.59 Å². The molecule has 7 heteroatoms. The van der Waals surface area contributed by atoms with Crippen LogP contribution in [-0.2, 0) is 0 Å². The molecule has 0 saturated carbocycles. The molecule has 0 aromatic heterocycles. The molecule has 3 rings (SSSR count). The number of hydrogen-bond donors (Lipinski definition) is 2. The van der Waals surface area contributed by atoms with Gasteiger partial charge < -0.3 is 10.6 Å². The first kappa shape index (κ1) is 19.6. The predicted molar refractivity (Wildman–Crippen MR) is 116 cm³/mol. The van der Waals surface area contributed by atoms with E-state index in [9.17, 15) is 9.59 Å². The van der Waals surface area contributed by atoms with Gasteiger partial charge in [-0.2, -0.15) is 0 Å². The summed E-state index contributed by atoms with van der Waals surface area (Å²) in [5.41, 5.74) is 2.00. The van der Waals surface area contributed by atoms with Gasteiger partial charge in [0.25, 0.3) is 11.8 Å². The molecule has 0 heterocycles. The SMILES string of the molecule is O=C(Nc1ccc(NC(=O)c2ccccc2Br)c(Cl)c1)c1ccccc1Br. The molecule has 136 valence electrons. The van der Waals surface area contributed by atoms with Crippen LogP contribution in [0.2, 0.25) is 5.02 Å². The number of amides is 2. The molecule has 0 atom stereocenters. The van der Waals surface area contributed by atoms with Gasteiger partial charge in [0.15, 0.2) is 0 Å². The van der Waals surface area contributed by atoms with Gasteiger partial charge in [-0.15, -0.1) is 0 Å². The number of hydrogen-bond acceptors (Lipinski definition) is 2. The van der Waals surface area contributed by atoms with Crippen LogP contribution in [0.4, 0.5) is 11.4 Å². The molecule has 2 N–H and O–H groups in total. The van der Waals surface area contributed by atoms with Crippen molar-refractivity contribution in [2.75, 3.05) is 10.6 Å². The third-order valence-corrected chi connectivity index (χ3v) is 5.41. The fourth-order valence-corrected chi connectivity index (χ4v) is 3.53. The molecule has 0 radical (unpaired) electrons. The van der Waals surface area contributed by atoms with E-state index in [1.54, 1.807) is 54.6 Å². The quantitative estimate of drug-likeness (QED) is 0.430. The summed E-state index contributed by atoms with van der Waals surface area (Å²) in [7, 11) is 0. The Morgan fingerprint density at radius 2 is 1.26 bits per heavy atom. The lowest BCUT2D eigenvalue weighted by molar-refractivity contribution is 0.101. The lowest BCUT2D eigenvalue weighted by Gasteiger charge is -2.11. The van der Waals surface area contributed by atoms with Crippen LogP contribution in [0.15, 0.2) is 75.7 Å². The molecule has 0 aliphatic rings. The summed E-state index contributed by atoms with van der Waals surface area (Å²) in [4.78, 5) is 24.8.